The summed E-state index contributed by atoms with van der Waals surface area (Å²) in [5.41, 5.74) is 0.773. The number of nitrogens with one attached hydrogen (secondary N) is 2. The Kier molecular flexibility index (Phi) is 4.20. The topological polar surface area (TPSA) is 78.1 Å². The minimum absolute atomic E-state index is 0.122. The summed E-state index contributed by atoms with van der Waals surface area (Å²) in [6.07, 6.45) is 2.55. The van der Waals surface area contributed by atoms with E-state index in [2.05, 4.69) is 10.6 Å². The smallest absolute Gasteiger partial charge is 0.315 e. The average molecular weight is 334 g/mol. The number of hydrogen-bond acceptors (Lipinski definition) is 5. The predicted octanol–water partition coefficient (Wildman–Crippen LogP) is 1.55. The number of carbonyl (C=O) groups is 1. The van der Waals surface area contributed by atoms with Gasteiger partial charge in [0.2, 0.25) is 6.79 Å². The standard InChI is InChI=1S/C17H22N2O5/c20-16(18-9-12-1-2-14-15(7-12)23-11-22-14)19-13-3-5-24-17(8-13)4-6-21-10-17/h1-2,7,13H,3-6,8-11H2,(H2,18,19,20)/t13-,17+/m1/s1. The molecule has 0 aromatic heterocycles. The van der Waals surface area contributed by atoms with E-state index >= 15 is 0 Å². The van der Waals surface area contributed by atoms with Gasteiger partial charge in [-0.3, -0.25) is 0 Å². The second-order valence-electron chi connectivity index (χ2n) is 6.54. The largest absolute Gasteiger partial charge is 0.454 e. The summed E-state index contributed by atoms with van der Waals surface area (Å²) in [6, 6.07) is 5.64. The first-order chi connectivity index (χ1) is 11.7. The van der Waals surface area contributed by atoms with Crippen molar-refractivity contribution in [2.75, 3.05) is 26.6 Å². The molecule has 2 N–H and O–H groups in total. The van der Waals surface area contributed by atoms with Crippen LogP contribution in [0.5, 0.6) is 11.5 Å². The van der Waals surface area contributed by atoms with E-state index in [4.69, 9.17) is 18.9 Å². The summed E-state index contributed by atoms with van der Waals surface area (Å²) in [7, 11) is 0. The Hall–Kier alpha value is -1.99. The summed E-state index contributed by atoms with van der Waals surface area (Å²) in [5.74, 6) is 1.47. The molecule has 2 fully saturated rings. The zero-order valence-corrected chi connectivity index (χ0v) is 13.5. The summed E-state index contributed by atoms with van der Waals surface area (Å²) < 4.78 is 22.0. The second-order valence-corrected chi connectivity index (χ2v) is 6.54. The lowest BCUT2D eigenvalue weighted by Gasteiger charge is -2.37. The Bertz CT molecular complexity index is 615. The maximum Gasteiger partial charge on any atom is 0.315 e. The fourth-order valence-electron chi connectivity index (χ4n) is 3.48. The molecule has 0 bridgehead atoms. The molecule has 24 heavy (non-hydrogen) atoms. The fourth-order valence-corrected chi connectivity index (χ4v) is 3.48. The molecular weight excluding hydrogens is 312 g/mol. The first-order valence-corrected chi connectivity index (χ1v) is 8.37. The zero-order chi connectivity index (χ0) is 16.4. The molecule has 1 spiro atoms. The number of amides is 2. The Morgan fingerprint density at radius 1 is 1.25 bits per heavy atom. The Balaban J connectivity index is 1.27. The summed E-state index contributed by atoms with van der Waals surface area (Å²) in [6.45, 7) is 2.73. The zero-order valence-electron chi connectivity index (χ0n) is 13.5. The minimum atomic E-state index is -0.201. The van der Waals surface area contributed by atoms with Crippen molar-refractivity contribution in [2.45, 2.75) is 37.5 Å². The third-order valence-corrected chi connectivity index (χ3v) is 4.79. The first kappa shape index (κ1) is 15.5. The minimum Gasteiger partial charge on any atom is -0.454 e. The SMILES string of the molecule is O=C(NCc1ccc2c(c1)OCO2)N[C@@H]1CCO[C@@]2(CCOC2)C1. The number of hydrogen-bond donors (Lipinski definition) is 2. The van der Waals surface area contributed by atoms with Crippen LogP contribution in [-0.4, -0.2) is 44.3 Å². The van der Waals surface area contributed by atoms with Gasteiger partial charge in [-0.1, -0.05) is 6.07 Å². The number of carbonyl (C=O) groups excluding carboxylic acids is 1. The predicted molar refractivity (Wildman–Crippen MR) is 85.1 cm³/mol. The molecule has 3 aliphatic heterocycles. The van der Waals surface area contributed by atoms with Crippen LogP contribution in [0, 0.1) is 0 Å². The summed E-state index contributed by atoms with van der Waals surface area (Å²) in [4.78, 5) is 12.2. The van der Waals surface area contributed by atoms with Crippen LogP contribution in [0.25, 0.3) is 0 Å². The van der Waals surface area contributed by atoms with Gasteiger partial charge in [-0.25, -0.2) is 4.79 Å². The molecule has 1 aromatic carbocycles. The number of benzene rings is 1. The number of ether oxygens (including phenoxy) is 4. The lowest BCUT2D eigenvalue weighted by molar-refractivity contribution is -0.0878. The van der Waals surface area contributed by atoms with Crippen molar-refractivity contribution in [1.82, 2.24) is 10.6 Å². The average Bonchev–Trinajstić information content (AvgIpc) is 3.22. The van der Waals surface area contributed by atoms with E-state index in [9.17, 15) is 4.79 Å². The molecule has 130 valence electrons. The maximum absolute atomic E-state index is 12.2. The van der Waals surface area contributed by atoms with Crippen LogP contribution >= 0.6 is 0 Å². The molecule has 1 aromatic rings. The van der Waals surface area contributed by atoms with Crippen molar-refractivity contribution in [3.63, 3.8) is 0 Å². The molecule has 2 atom stereocenters. The summed E-state index contributed by atoms with van der Waals surface area (Å²) in [5, 5.41) is 5.95. The number of urea groups is 1. The molecule has 7 heteroatoms. The molecule has 4 rings (SSSR count). The molecule has 7 nitrogen and oxygen atoms in total. The van der Waals surface area contributed by atoms with Gasteiger partial charge in [0, 0.05) is 32.2 Å². The van der Waals surface area contributed by atoms with Crippen LogP contribution in [0.15, 0.2) is 18.2 Å². The molecule has 0 saturated carbocycles. The Morgan fingerprint density at radius 2 is 2.17 bits per heavy atom. The van der Waals surface area contributed by atoms with Gasteiger partial charge in [0.25, 0.3) is 0 Å². The van der Waals surface area contributed by atoms with Gasteiger partial charge >= 0.3 is 6.03 Å². The van der Waals surface area contributed by atoms with Crippen LogP contribution < -0.4 is 20.1 Å². The maximum atomic E-state index is 12.2. The van der Waals surface area contributed by atoms with E-state index in [0.29, 0.717) is 19.8 Å². The number of rotatable bonds is 3. The van der Waals surface area contributed by atoms with Gasteiger partial charge in [0.1, 0.15) is 0 Å². The van der Waals surface area contributed by atoms with Gasteiger partial charge in [0.05, 0.1) is 12.2 Å². The van der Waals surface area contributed by atoms with Crippen molar-refractivity contribution in [3.05, 3.63) is 23.8 Å². The molecule has 0 unspecified atom stereocenters. The van der Waals surface area contributed by atoms with Crippen LogP contribution in [0.1, 0.15) is 24.8 Å². The lowest BCUT2D eigenvalue weighted by Crippen LogP contribution is -2.51. The lowest BCUT2D eigenvalue weighted by atomic mass is 9.90. The fraction of sp³-hybridized carbons (Fsp3) is 0.588. The van der Waals surface area contributed by atoms with Crippen LogP contribution in [0.3, 0.4) is 0 Å². The van der Waals surface area contributed by atoms with Crippen molar-refractivity contribution >= 4 is 6.03 Å². The molecule has 0 aliphatic carbocycles. The van der Waals surface area contributed by atoms with Gasteiger partial charge in [0.15, 0.2) is 11.5 Å². The molecule has 0 radical (unpaired) electrons. The van der Waals surface area contributed by atoms with E-state index < -0.39 is 0 Å². The third kappa shape index (κ3) is 3.27. The first-order valence-electron chi connectivity index (χ1n) is 8.37. The quantitative estimate of drug-likeness (QED) is 0.877. The van der Waals surface area contributed by atoms with E-state index in [-0.39, 0.29) is 24.5 Å². The van der Waals surface area contributed by atoms with E-state index in [1.54, 1.807) is 0 Å². The highest BCUT2D eigenvalue weighted by molar-refractivity contribution is 5.74. The highest BCUT2D eigenvalue weighted by Gasteiger charge is 2.41. The Morgan fingerprint density at radius 3 is 3.04 bits per heavy atom. The van der Waals surface area contributed by atoms with E-state index in [0.717, 1.165) is 42.9 Å². The van der Waals surface area contributed by atoms with Crippen LogP contribution in [0.4, 0.5) is 4.79 Å². The van der Waals surface area contributed by atoms with Crippen LogP contribution in [-0.2, 0) is 16.0 Å². The summed E-state index contributed by atoms with van der Waals surface area (Å²) >= 11 is 0. The highest BCUT2D eigenvalue weighted by Crippen LogP contribution is 2.33. The van der Waals surface area contributed by atoms with E-state index in [1.807, 2.05) is 18.2 Å². The number of fused-ring (bicyclic) bond motifs is 1. The monoisotopic (exact) mass is 334 g/mol. The second kappa shape index (κ2) is 6.49. The highest BCUT2D eigenvalue weighted by atomic mass is 16.7. The molecule has 2 amide bonds. The van der Waals surface area contributed by atoms with Gasteiger partial charge < -0.3 is 29.6 Å². The van der Waals surface area contributed by atoms with E-state index in [1.165, 1.54) is 0 Å². The van der Waals surface area contributed by atoms with Gasteiger partial charge in [-0.15, -0.1) is 0 Å². The molecule has 3 aliphatic rings. The Labute approximate surface area is 140 Å². The van der Waals surface area contributed by atoms with Crippen LogP contribution in [0.2, 0.25) is 0 Å². The van der Waals surface area contributed by atoms with Crippen molar-refractivity contribution in [1.29, 1.82) is 0 Å². The third-order valence-electron chi connectivity index (χ3n) is 4.79. The van der Waals surface area contributed by atoms with Crippen molar-refractivity contribution < 1.29 is 23.7 Å². The molecule has 2 saturated heterocycles. The van der Waals surface area contributed by atoms with Crippen molar-refractivity contribution in [3.8, 4) is 11.5 Å². The normalized spacial score (nSPS) is 28.1. The molecule has 3 heterocycles. The van der Waals surface area contributed by atoms with Gasteiger partial charge in [-0.05, 0) is 30.5 Å². The molecular formula is C17H22N2O5. The van der Waals surface area contributed by atoms with Gasteiger partial charge in [-0.2, -0.15) is 0 Å². The van der Waals surface area contributed by atoms with Crippen molar-refractivity contribution in [2.24, 2.45) is 0 Å².